The van der Waals surface area contributed by atoms with Crippen molar-refractivity contribution >= 4 is 0 Å². The van der Waals surface area contributed by atoms with Crippen molar-refractivity contribution in [2.75, 3.05) is 13.7 Å². The van der Waals surface area contributed by atoms with Gasteiger partial charge < -0.3 is 15.8 Å². The van der Waals surface area contributed by atoms with Crippen LogP contribution in [0.4, 0.5) is 0 Å². The second kappa shape index (κ2) is 4.60. The zero-order valence-electron chi connectivity index (χ0n) is 9.04. The molecule has 2 fully saturated rings. The molecule has 0 saturated heterocycles. The van der Waals surface area contributed by atoms with Crippen LogP contribution >= 0.6 is 0 Å². The molecule has 0 spiro atoms. The maximum Gasteiger partial charge on any atom is 0.0601 e. The molecule has 2 saturated carbocycles. The Kier molecular flexibility index (Phi) is 3.42. The minimum absolute atomic E-state index is 0.468. The first-order chi connectivity index (χ1) is 6.78. The van der Waals surface area contributed by atoms with Gasteiger partial charge in [0.2, 0.25) is 0 Å². The normalized spacial score (nSPS) is 42.4. The molecule has 2 atom stereocenters. The fraction of sp³-hybridized carbons (Fsp3) is 1.00. The van der Waals surface area contributed by atoms with Gasteiger partial charge in [-0.25, -0.2) is 0 Å². The summed E-state index contributed by atoms with van der Waals surface area (Å²) < 4.78 is 5.25. The Hall–Kier alpha value is -0.120. The molecule has 3 nitrogen and oxygen atoms in total. The molecule has 82 valence electrons. The Morgan fingerprint density at radius 3 is 2.64 bits per heavy atom. The quantitative estimate of drug-likeness (QED) is 0.705. The lowest BCUT2D eigenvalue weighted by Crippen LogP contribution is -2.46. The number of nitrogens with two attached hydrogens (primary N) is 1. The van der Waals surface area contributed by atoms with Crippen LogP contribution in [0, 0.1) is 5.92 Å². The Morgan fingerprint density at radius 1 is 1.29 bits per heavy atom. The molecular weight excluding hydrogens is 176 g/mol. The number of nitrogens with one attached hydrogen (secondary N) is 1. The summed E-state index contributed by atoms with van der Waals surface area (Å²) in [4.78, 5) is 0. The van der Waals surface area contributed by atoms with Gasteiger partial charge in [0, 0.05) is 19.2 Å². The van der Waals surface area contributed by atoms with Gasteiger partial charge in [-0.15, -0.1) is 0 Å². The molecule has 0 aromatic heterocycles. The Bertz CT molecular complexity index is 180. The van der Waals surface area contributed by atoms with Gasteiger partial charge in [0.15, 0.2) is 0 Å². The van der Waals surface area contributed by atoms with Crippen molar-refractivity contribution in [3.8, 4) is 0 Å². The van der Waals surface area contributed by atoms with Crippen LogP contribution in [0.1, 0.15) is 32.1 Å². The highest BCUT2D eigenvalue weighted by Gasteiger charge is 2.30. The fourth-order valence-electron chi connectivity index (χ4n) is 2.56. The maximum absolute atomic E-state index is 5.87. The third-order valence-electron chi connectivity index (χ3n) is 3.71. The largest absolute Gasteiger partial charge is 0.381 e. The molecule has 0 radical (unpaired) electrons. The van der Waals surface area contributed by atoms with Crippen LogP contribution in [0.15, 0.2) is 0 Å². The summed E-state index contributed by atoms with van der Waals surface area (Å²) in [5, 5.41) is 3.61. The van der Waals surface area contributed by atoms with Gasteiger partial charge in [0.05, 0.1) is 6.10 Å². The van der Waals surface area contributed by atoms with E-state index in [1.165, 1.54) is 32.1 Å². The Morgan fingerprint density at radius 2 is 2.07 bits per heavy atom. The molecule has 2 unspecified atom stereocenters. The zero-order valence-corrected chi connectivity index (χ0v) is 9.04. The van der Waals surface area contributed by atoms with E-state index in [1.807, 2.05) is 0 Å². The summed E-state index contributed by atoms with van der Waals surface area (Å²) in [6.45, 7) is 1.16. The van der Waals surface area contributed by atoms with Gasteiger partial charge in [-0.1, -0.05) is 0 Å². The predicted molar refractivity (Wildman–Crippen MR) is 57.1 cm³/mol. The topological polar surface area (TPSA) is 47.3 Å². The van der Waals surface area contributed by atoms with Crippen LogP contribution < -0.4 is 11.1 Å². The van der Waals surface area contributed by atoms with Crippen molar-refractivity contribution in [1.29, 1.82) is 0 Å². The molecule has 0 heterocycles. The SMILES string of the molecule is COC1CC(NCC2CCC(N)C2)C1. The average molecular weight is 198 g/mol. The Balaban J connectivity index is 1.56. The molecular formula is C11H22N2O. The molecule has 2 aliphatic rings. The van der Waals surface area contributed by atoms with Crippen LogP contribution in [0.5, 0.6) is 0 Å². The highest BCUT2D eigenvalue weighted by Crippen LogP contribution is 2.26. The summed E-state index contributed by atoms with van der Waals surface area (Å²) >= 11 is 0. The molecule has 0 bridgehead atoms. The second-order valence-corrected chi connectivity index (χ2v) is 4.87. The van der Waals surface area contributed by atoms with Crippen LogP contribution in [0.3, 0.4) is 0 Å². The van der Waals surface area contributed by atoms with E-state index in [-0.39, 0.29) is 0 Å². The minimum atomic E-state index is 0.468. The lowest BCUT2D eigenvalue weighted by molar-refractivity contribution is 0.0165. The van der Waals surface area contributed by atoms with E-state index in [1.54, 1.807) is 7.11 Å². The Labute approximate surface area is 86.4 Å². The summed E-state index contributed by atoms with van der Waals surface area (Å²) in [6, 6.07) is 1.17. The molecule has 3 N–H and O–H groups in total. The minimum Gasteiger partial charge on any atom is -0.381 e. The van der Waals surface area contributed by atoms with Crippen molar-refractivity contribution in [2.24, 2.45) is 11.7 Å². The van der Waals surface area contributed by atoms with Crippen molar-refractivity contribution in [1.82, 2.24) is 5.32 Å². The van der Waals surface area contributed by atoms with Crippen molar-refractivity contribution in [3.05, 3.63) is 0 Å². The van der Waals surface area contributed by atoms with Crippen LogP contribution in [0.2, 0.25) is 0 Å². The van der Waals surface area contributed by atoms with E-state index in [4.69, 9.17) is 10.5 Å². The lowest BCUT2D eigenvalue weighted by Gasteiger charge is -2.35. The summed E-state index contributed by atoms with van der Waals surface area (Å²) in [7, 11) is 1.80. The summed E-state index contributed by atoms with van der Waals surface area (Å²) in [5.41, 5.74) is 5.87. The molecule has 14 heavy (non-hydrogen) atoms. The van der Waals surface area contributed by atoms with Gasteiger partial charge in [-0.2, -0.15) is 0 Å². The number of hydrogen-bond acceptors (Lipinski definition) is 3. The molecule has 2 rings (SSSR count). The number of methoxy groups -OCH3 is 1. The fourth-order valence-corrected chi connectivity index (χ4v) is 2.56. The van der Waals surface area contributed by atoms with Crippen LogP contribution in [-0.2, 0) is 4.74 Å². The number of ether oxygens (including phenoxy) is 1. The first kappa shape index (κ1) is 10.4. The number of hydrogen-bond donors (Lipinski definition) is 2. The van der Waals surface area contributed by atoms with Gasteiger partial charge in [-0.05, 0) is 44.6 Å². The molecule has 3 heteroatoms. The molecule has 2 aliphatic carbocycles. The monoisotopic (exact) mass is 198 g/mol. The highest BCUT2D eigenvalue weighted by atomic mass is 16.5. The highest BCUT2D eigenvalue weighted by molar-refractivity contribution is 4.87. The first-order valence-corrected chi connectivity index (χ1v) is 5.79. The standard InChI is InChI=1S/C11H22N2O/c1-14-11-5-10(6-11)13-7-8-2-3-9(12)4-8/h8-11,13H,2-7,12H2,1H3. The van der Waals surface area contributed by atoms with E-state index < -0.39 is 0 Å². The van der Waals surface area contributed by atoms with Crippen molar-refractivity contribution < 1.29 is 4.74 Å². The smallest absolute Gasteiger partial charge is 0.0601 e. The third-order valence-corrected chi connectivity index (χ3v) is 3.71. The zero-order chi connectivity index (χ0) is 9.97. The average Bonchev–Trinajstić information content (AvgIpc) is 2.49. The number of rotatable bonds is 4. The van der Waals surface area contributed by atoms with E-state index >= 15 is 0 Å². The maximum atomic E-state index is 5.87. The summed E-state index contributed by atoms with van der Waals surface area (Å²) in [6.07, 6.45) is 6.64. The molecule has 0 aromatic rings. The lowest BCUT2D eigenvalue weighted by atomic mass is 9.89. The van der Waals surface area contributed by atoms with E-state index in [0.29, 0.717) is 18.2 Å². The predicted octanol–water partition coefficient (Wildman–Crippen LogP) is 0.881. The summed E-state index contributed by atoms with van der Waals surface area (Å²) in [5.74, 6) is 0.826. The van der Waals surface area contributed by atoms with Crippen molar-refractivity contribution in [3.63, 3.8) is 0 Å². The second-order valence-electron chi connectivity index (χ2n) is 4.87. The first-order valence-electron chi connectivity index (χ1n) is 5.79. The van der Waals surface area contributed by atoms with E-state index in [9.17, 15) is 0 Å². The van der Waals surface area contributed by atoms with E-state index in [0.717, 1.165) is 12.5 Å². The van der Waals surface area contributed by atoms with E-state index in [2.05, 4.69) is 5.32 Å². The molecule has 0 aliphatic heterocycles. The third kappa shape index (κ3) is 2.47. The van der Waals surface area contributed by atoms with Gasteiger partial charge in [0.25, 0.3) is 0 Å². The van der Waals surface area contributed by atoms with Crippen LogP contribution in [-0.4, -0.2) is 31.8 Å². The van der Waals surface area contributed by atoms with Crippen LogP contribution in [0.25, 0.3) is 0 Å². The van der Waals surface area contributed by atoms with Crippen molar-refractivity contribution in [2.45, 2.75) is 50.3 Å². The van der Waals surface area contributed by atoms with Gasteiger partial charge in [-0.3, -0.25) is 0 Å². The molecule has 0 amide bonds. The van der Waals surface area contributed by atoms with Gasteiger partial charge >= 0.3 is 0 Å². The molecule has 0 aromatic carbocycles. The van der Waals surface area contributed by atoms with Gasteiger partial charge in [0.1, 0.15) is 0 Å².